The van der Waals surface area contributed by atoms with Crippen molar-refractivity contribution in [1.29, 1.82) is 0 Å². The Morgan fingerprint density at radius 1 is 1.38 bits per heavy atom. The highest BCUT2D eigenvalue weighted by Crippen LogP contribution is 2.07. The average Bonchev–Trinajstić information content (AvgIpc) is 2.08. The Bertz CT molecular complexity index is 279. The minimum absolute atomic E-state index is 0.217. The van der Waals surface area contributed by atoms with E-state index in [1.807, 2.05) is 24.3 Å². The SMILES string of the molecule is CC(=O)OCCc1ccc(I)cc1. The lowest BCUT2D eigenvalue weighted by Crippen LogP contribution is -2.03. The van der Waals surface area contributed by atoms with Gasteiger partial charge in [-0.3, -0.25) is 4.79 Å². The van der Waals surface area contributed by atoms with Crippen molar-refractivity contribution in [2.24, 2.45) is 0 Å². The van der Waals surface area contributed by atoms with Crippen LogP contribution in [0.25, 0.3) is 0 Å². The fourth-order valence-electron chi connectivity index (χ4n) is 0.964. The van der Waals surface area contributed by atoms with Gasteiger partial charge in [0.05, 0.1) is 6.61 Å². The molecular formula is C10H11IO2. The van der Waals surface area contributed by atoms with Gasteiger partial charge in [-0.05, 0) is 40.3 Å². The first-order chi connectivity index (χ1) is 6.18. The van der Waals surface area contributed by atoms with E-state index in [0.29, 0.717) is 6.61 Å². The molecule has 1 rings (SSSR count). The number of esters is 1. The molecule has 0 saturated carbocycles. The van der Waals surface area contributed by atoms with Gasteiger partial charge in [0.25, 0.3) is 0 Å². The normalized spacial score (nSPS) is 9.69. The number of carbonyl (C=O) groups excluding carboxylic acids is 1. The quantitative estimate of drug-likeness (QED) is 0.631. The van der Waals surface area contributed by atoms with Crippen LogP contribution in [0.1, 0.15) is 12.5 Å². The lowest BCUT2D eigenvalue weighted by Gasteiger charge is -2.01. The van der Waals surface area contributed by atoms with E-state index in [9.17, 15) is 4.79 Å². The van der Waals surface area contributed by atoms with Crippen molar-refractivity contribution >= 4 is 28.6 Å². The number of benzene rings is 1. The summed E-state index contributed by atoms with van der Waals surface area (Å²) < 4.78 is 6.05. The Morgan fingerprint density at radius 3 is 2.54 bits per heavy atom. The van der Waals surface area contributed by atoms with Crippen molar-refractivity contribution in [3.8, 4) is 0 Å². The molecule has 2 nitrogen and oxygen atoms in total. The monoisotopic (exact) mass is 290 g/mol. The van der Waals surface area contributed by atoms with Gasteiger partial charge in [-0.2, -0.15) is 0 Å². The smallest absolute Gasteiger partial charge is 0.302 e. The van der Waals surface area contributed by atoms with Crippen LogP contribution in [0, 0.1) is 3.57 Å². The molecule has 0 radical (unpaired) electrons. The molecule has 1 aromatic carbocycles. The number of ether oxygens (including phenoxy) is 1. The Kier molecular flexibility index (Phi) is 4.21. The number of halogens is 1. The molecule has 0 unspecified atom stereocenters. The number of carbonyl (C=O) groups is 1. The topological polar surface area (TPSA) is 26.3 Å². The minimum Gasteiger partial charge on any atom is -0.466 e. The van der Waals surface area contributed by atoms with Crippen molar-refractivity contribution in [2.75, 3.05) is 6.61 Å². The third-order valence-electron chi connectivity index (χ3n) is 1.61. The molecule has 13 heavy (non-hydrogen) atoms. The molecular weight excluding hydrogens is 279 g/mol. The standard InChI is InChI=1S/C10H11IO2/c1-8(12)13-7-6-9-2-4-10(11)5-3-9/h2-5H,6-7H2,1H3. The zero-order chi connectivity index (χ0) is 9.68. The Labute approximate surface area is 91.4 Å². The summed E-state index contributed by atoms with van der Waals surface area (Å²) in [5, 5.41) is 0. The van der Waals surface area contributed by atoms with Crippen molar-refractivity contribution in [2.45, 2.75) is 13.3 Å². The highest BCUT2D eigenvalue weighted by Gasteiger charge is 1.95. The van der Waals surface area contributed by atoms with Crippen molar-refractivity contribution in [1.82, 2.24) is 0 Å². The second kappa shape index (κ2) is 5.21. The van der Waals surface area contributed by atoms with E-state index in [1.165, 1.54) is 16.1 Å². The predicted molar refractivity (Wildman–Crippen MR) is 59.5 cm³/mol. The summed E-state index contributed by atoms with van der Waals surface area (Å²) in [6, 6.07) is 8.18. The first-order valence-electron chi connectivity index (χ1n) is 4.06. The van der Waals surface area contributed by atoms with Crippen molar-refractivity contribution in [3.63, 3.8) is 0 Å². The van der Waals surface area contributed by atoms with Crippen LogP contribution in [0.15, 0.2) is 24.3 Å². The van der Waals surface area contributed by atoms with E-state index in [4.69, 9.17) is 4.74 Å². The molecule has 1 aromatic rings. The molecule has 0 aliphatic rings. The van der Waals surface area contributed by atoms with E-state index >= 15 is 0 Å². The van der Waals surface area contributed by atoms with E-state index < -0.39 is 0 Å². The van der Waals surface area contributed by atoms with E-state index in [0.717, 1.165) is 6.42 Å². The zero-order valence-electron chi connectivity index (χ0n) is 7.42. The Balaban J connectivity index is 2.37. The van der Waals surface area contributed by atoms with Gasteiger partial charge in [0.2, 0.25) is 0 Å². The molecule has 70 valence electrons. The molecule has 0 amide bonds. The minimum atomic E-state index is -0.217. The van der Waals surface area contributed by atoms with Crippen molar-refractivity contribution in [3.05, 3.63) is 33.4 Å². The molecule has 0 atom stereocenters. The van der Waals surface area contributed by atoms with Crippen LogP contribution in [-0.4, -0.2) is 12.6 Å². The van der Waals surface area contributed by atoms with Gasteiger partial charge < -0.3 is 4.74 Å². The van der Waals surface area contributed by atoms with E-state index in [1.54, 1.807) is 0 Å². The number of rotatable bonds is 3. The van der Waals surface area contributed by atoms with Crippen LogP contribution in [-0.2, 0) is 16.0 Å². The van der Waals surface area contributed by atoms with Gasteiger partial charge in [0, 0.05) is 16.9 Å². The van der Waals surface area contributed by atoms with Crippen LogP contribution in [0.2, 0.25) is 0 Å². The maximum absolute atomic E-state index is 10.5. The summed E-state index contributed by atoms with van der Waals surface area (Å²) in [6.45, 7) is 1.89. The average molecular weight is 290 g/mol. The first-order valence-corrected chi connectivity index (χ1v) is 5.14. The number of hydrogen-bond acceptors (Lipinski definition) is 2. The first kappa shape index (κ1) is 10.5. The summed E-state index contributed by atoms with van der Waals surface area (Å²) in [5.74, 6) is -0.217. The maximum atomic E-state index is 10.5. The summed E-state index contributed by atoms with van der Waals surface area (Å²) >= 11 is 2.26. The molecule has 0 aliphatic heterocycles. The van der Waals surface area contributed by atoms with Crippen LogP contribution >= 0.6 is 22.6 Å². The van der Waals surface area contributed by atoms with Gasteiger partial charge in [-0.1, -0.05) is 12.1 Å². The third-order valence-corrected chi connectivity index (χ3v) is 2.33. The highest BCUT2D eigenvalue weighted by molar-refractivity contribution is 14.1. The molecule has 0 saturated heterocycles. The lowest BCUT2D eigenvalue weighted by atomic mass is 10.2. The second-order valence-corrected chi connectivity index (χ2v) is 3.96. The van der Waals surface area contributed by atoms with E-state index in [2.05, 4.69) is 22.6 Å². The second-order valence-electron chi connectivity index (χ2n) is 2.72. The van der Waals surface area contributed by atoms with Gasteiger partial charge in [0.15, 0.2) is 0 Å². The molecule has 3 heteroatoms. The third kappa shape index (κ3) is 4.26. The van der Waals surface area contributed by atoms with Crippen LogP contribution < -0.4 is 0 Å². The maximum Gasteiger partial charge on any atom is 0.302 e. The zero-order valence-corrected chi connectivity index (χ0v) is 9.58. The molecule has 0 aromatic heterocycles. The van der Waals surface area contributed by atoms with Gasteiger partial charge >= 0.3 is 5.97 Å². The number of hydrogen-bond donors (Lipinski definition) is 0. The Hall–Kier alpha value is -0.580. The summed E-state index contributed by atoms with van der Waals surface area (Å²) in [4.78, 5) is 10.5. The van der Waals surface area contributed by atoms with Crippen LogP contribution in [0.4, 0.5) is 0 Å². The van der Waals surface area contributed by atoms with E-state index in [-0.39, 0.29) is 5.97 Å². The molecule has 0 bridgehead atoms. The molecule has 0 heterocycles. The molecule has 0 fully saturated rings. The summed E-state index contributed by atoms with van der Waals surface area (Å²) in [6.07, 6.45) is 0.788. The van der Waals surface area contributed by atoms with Crippen LogP contribution in [0.3, 0.4) is 0 Å². The summed E-state index contributed by atoms with van der Waals surface area (Å²) in [5.41, 5.74) is 1.20. The van der Waals surface area contributed by atoms with Gasteiger partial charge in [-0.15, -0.1) is 0 Å². The molecule has 0 N–H and O–H groups in total. The molecule has 0 spiro atoms. The fourth-order valence-corrected chi connectivity index (χ4v) is 1.32. The highest BCUT2D eigenvalue weighted by atomic mass is 127. The van der Waals surface area contributed by atoms with Crippen LogP contribution in [0.5, 0.6) is 0 Å². The Morgan fingerprint density at radius 2 is 2.00 bits per heavy atom. The van der Waals surface area contributed by atoms with Gasteiger partial charge in [-0.25, -0.2) is 0 Å². The summed E-state index contributed by atoms with van der Waals surface area (Å²) in [7, 11) is 0. The predicted octanol–water partition coefficient (Wildman–Crippen LogP) is 2.40. The van der Waals surface area contributed by atoms with Gasteiger partial charge in [0.1, 0.15) is 0 Å². The van der Waals surface area contributed by atoms with Crippen molar-refractivity contribution < 1.29 is 9.53 Å². The molecule has 0 aliphatic carbocycles. The fraction of sp³-hybridized carbons (Fsp3) is 0.300. The lowest BCUT2D eigenvalue weighted by molar-refractivity contribution is -0.140. The largest absolute Gasteiger partial charge is 0.466 e.